The zero-order valence-electron chi connectivity index (χ0n) is 21.5. The van der Waals surface area contributed by atoms with E-state index in [2.05, 4.69) is 32.3 Å². The lowest BCUT2D eigenvalue weighted by Crippen LogP contribution is -2.38. The van der Waals surface area contributed by atoms with Gasteiger partial charge in [0.2, 0.25) is 5.91 Å². The van der Waals surface area contributed by atoms with Gasteiger partial charge < -0.3 is 27.1 Å². The van der Waals surface area contributed by atoms with Crippen LogP contribution in [0.2, 0.25) is 0 Å². The second kappa shape index (κ2) is 12.6. The molecule has 2 saturated heterocycles. The van der Waals surface area contributed by atoms with E-state index in [0.717, 1.165) is 50.9 Å². The van der Waals surface area contributed by atoms with Crippen molar-refractivity contribution in [1.29, 1.82) is 10.7 Å². The van der Waals surface area contributed by atoms with Gasteiger partial charge in [0.15, 0.2) is 0 Å². The highest BCUT2D eigenvalue weighted by Crippen LogP contribution is 2.30. The van der Waals surface area contributed by atoms with Crippen LogP contribution in [0.15, 0.2) is 24.3 Å². The summed E-state index contributed by atoms with van der Waals surface area (Å²) >= 11 is 0. The molecular weight excluding hydrogens is 482 g/mol. The summed E-state index contributed by atoms with van der Waals surface area (Å²) in [5, 5.41) is 19.8. The van der Waals surface area contributed by atoms with Crippen LogP contribution in [-0.4, -0.2) is 70.5 Å². The highest BCUT2D eigenvalue weighted by molar-refractivity contribution is 6.04. The molecule has 0 aliphatic carbocycles. The summed E-state index contributed by atoms with van der Waals surface area (Å²) in [5.74, 6) is 0.447. The molecular formula is C27H35N9O2. The number of nitrogens with zero attached hydrogens (tertiary/aromatic N) is 5. The van der Waals surface area contributed by atoms with Crippen LogP contribution in [0.25, 0.3) is 0 Å². The number of primary amides is 1. The van der Waals surface area contributed by atoms with Crippen molar-refractivity contribution < 1.29 is 9.59 Å². The van der Waals surface area contributed by atoms with Gasteiger partial charge in [0.1, 0.15) is 23.6 Å². The van der Waals surface area contributed by atoms with Crippen molar-refractivity contribution in [3.63, 3.8) is 0 Å². The van der Waals surface area contributed by atoms with E-state index in [0.29, 0.717) is 37.7 Å². The van der Waals surface area contributed by atoms with E-state index < -0.39 is 5.91 Å². The van der Waals surface area contributed by atoms with Gasteiger partial charge in [-0.1, -0.05) is 12.1 Å². The average molecular weight is 518 g/mol. The number of anilines is 2. The molecule has 11 heteroatoms. The lowest BCUT2D eigenvalue weighted by atomic mass is 9.95. The Balaban J connectivity index is 1.48. The lowest BCUT2D eigenvalue weighted by molar-refractivity contribution is -0.131. The first-order valence-corrected chi connectivity index (χ1v) is 13.1. The van der Waals surface area contributed by atoms with Gasteiger partial charge in [0, 0.05) is 37.5 Å². The number of amides is 2. The fraction of sp³-hybridized carbons (Fsp3) is 0.481. The van der Waals surface area contributed by atoms with Gasteiger partial charge in [-0.2, -0.15) is 5.26 Å². The summed E-state index contributed by atoms with van der Waals surface area (Å²) in [6.07, 6.45) is 4.40. The molecule has 0 unspecified atom stereocenters. The number of nitrogens with one attached hydrogen (secondary N) is 2. The Hall–Kier alpha value is -3.88. The fourth-order valence-electron chi connectivity index (χ4n) is 5.15. The molecule has 1 aromatic carbocycles. The van der Waals surface area contributed by atoms with E-state index >= 15 is 0 Å². The molecule has 0 atom stereocenters. The third-order valence-corrected chi connectivity index (χ3v) is 7.44. The van der Waals surface area contributed by atoms with E-state index in [-0.39, 0.29) is 35.3 Å². The van der Waals surface area contributed by atoms with E-state index in [1.54, 1.807) is 4.90 Å². The number of carbonyl (C=O) groups is 2. The topological polar surface area (TPSA) is 178 Å². The zero-order chi connectivity index (χ0) is 27.1. The Morgan fingerprint density at radius 3 is 2.37 bits per heavy atom. The number of nitrogens with two attached hydrogens (primary N) is 2. The summed E-state index contributed by atoms with van der Waals surface area (Å²) in [6, 6.07) is 9.88. The molecule has 11 nitrogen and oxygen atoms in total. The van der Waals surface area contributed by atoms with Gasteiger partial charge in [0.05, 0.1) is 11.8 Å². The molecule has 1 aromatic heterocycles. The molecule has 200 valence electrons. The maximum absolute atomic E-state index is 12.3. The predicted octanol–water partition coefficient (Wildman–Crippen LogP) is 2.11. The molecule has 0 saturated carbocycles. The molecule has 2 fully saturated rings. The Morgan fingerprint density at radius 2 is 1.79 bits per heavy atom. The number of likely N-dealkylation sites (tertiary alicyclic amines) is 2. The molecule has 0 spiro atoms. The summed E-state index contributed by atoms with van der Waals surface area (Å²) < 4.78 is 0. The minimum atomic E-state index is -0.716. The SMILES string of the molecule is N#CCC(=O)N1CCC(c2nc(C=N)c(C(N)=O)c(Nc3ccc(CN4CCC(CN)CC4)cc3)n2)CC1. The van der Waals surface area contributed by atoms with E-state index in [9.17, 15) is 9.59 Å². The van der Waals surface area contributed by atoms with Crippen molar-refractivity contribution in [2.45, 2.75) is 44.6 Å². The van der Waals surface area contributed by atoms with Crippen molar-refractivity contribution in [2.75, 3.05) is 38.0 Å². The summed E-state index contributed by atoms with van der Waals surface area (Å²) in [5.41, 5.74) is 13.6. The number of piperidine rings is 2. The van der Waals surface area contributed by atoms with Crippen molar-refractivity contribution in [3.05, 3.63) is 46.9 Å². The van der Waals surface area contributed by atoms with Crippen molar-refractivity contribution in [1.82, 2.24) is 19.8 Å². The van der Waals surface area contributed by atoms with Crippen LogP contribution in [0.5, 0.6) is 0 Å². The third kappa shape index (κ3) is 6.51. The largest absolute Gasteiger partial charge is 0.365 e. The lowest BCUT2D eigenvalue weighted by Gasteiger charge is -2.31. The molecule has 0 radical (unpaired) electrons. The maximum Gasteiger partial charge on any atom is 0.254 e. The van der Waals surface area contributed by atoms with Crippen LogP contribution in [0.3, 0.4) is 0 Å². The number of hydrogen-bond donors (Lipinski definition) is 4. The summed E-state index contributed by atoms with van der Waals surface area (Å²) in [7, 11) is 0. The van der Waals surface area contributed by atoms with E-state index in [1.807, 2.05) is 18.2 Å². The monoisotopic (exact) mass is 517 g/mol. The number of aromatic nitrogens is 2. The first kappa shape index (κ1) is 27.2. The second-order valence-corrected chi connectivity index (χ2v) is 9.97. The second-order valence-electron chi connectivity index (χ2n) is 9.97. The normalized spacial score (nSPS) is 17.1. The van der Waals surface area contributed by atoms with Crippen LogP contribution < -0.4 is 16.8 Å². The molecule has 2 aliphatic heterocycles. The van der Waals surface area contributed by atoms with Crippen LogP contribution in [0.1, 0.15) is 65.5 Å². The standard InChI is InChI=1S/C27H35N9O2/c28-10-5-23(37)36-13-8-20(9-14-36)26-33-22(16-30)24(25(31)38)27(34-26)32-21-3-1-19(2-4-21)17-35-11-6-18(15-29)7-12-35/h1-4,16,18,20,30H,5-9,11-15,17,29H2,(H2,31,38)(H,32,33,34). The Kier molecular flexibility index (Phi) is 8.99. The zero-order valence-corrected chi connectivity index (χ0v) is 21.5. The van der Waals surface area contributed by atoms with Gasteiger partial charge in [-0.15, -0.1) is 0 Å². The van der Waals surface area contributed by atoms with Crippen molar-refractivity contribution >= 4 is 29.5 Å². The fourth-order valence-corrected chi connectivity index (χ4v) is 5.15. The van der Waals surface area contributed by atoms with Crippen molar-refractivity contribution in [2.24, 2.45) is 17.4 Å². The van der Waals surface area contributed by atoms with Gasteiger partial charge >= 0.3 is 0 Å². The molecule has 0 bridgehead atoms. The van der Waals surface area contributed by atoms with Crippen LogP contribution >= 0.6 is 0 Å². The maximum atomic E-state index is 12.3. The molecule has 2 aromatic rings. The Morgan fingerprint density at radius 1 is 1.11 bits per heavy atom. The minimum absolute atomic E-state index is 0.0481. The van der Waals surface area contributed by atoms with Crippen molar-refractivity contribution in [3.8, 4) is 6.07 Å². The van der Waals surface area contributed by atoms with E-state index in [1.165, 1.54) is 5.56 Å². The summed E-state index contributed by atoms with van der Waals surface area (Å²) in [4.78, 5) is 37.6. The molecule has 2 amide bonds. The van der Waals surface area contributed by atoms with Crippen LogP contribution in [0.4, 0.5) is 11.5 Å². The number of carbonyl (C=O) groups excluding carboxylic acids is 2. The third-order valence-electron chi connectivity index (χ3n) is 7.44. The minimum Gasteiger partial charge on any atom is -0.365 e. The molecule has 6 N–H and O–H groups in total. The molecule has 4 rings (SSSR count). The number of nitriles is 1. The molecule has 38 heavy (non-hydrogen) atoms. The van der Waals surface area contributed by atoms with Gasteiger partial charge in [-0.25, -0.2) is 9.97 Å². The highest BCUT2D eigenvalue weighted by Gasteiger charge is 2.28. The van der Waals surface area contributed by atoms with Gasteiger partial charge in [-0.05, 0) is 68.9 Å². The molecule has 3 heterocycles. The number of hydrogen-bond acceptors (Lipinski definition) is 9. The average Bonchev–Trinajstić information content (AvgIpc) is 2.94. The van der Waals surface area contributed by atoms with Crippen LogP contribution in [0, 0.1) is 22.7 Å². The Labute approximate surface area is 222 Å². The highest BCUT2D eigenvalue weighted by atomic mass is 16.2. The predicted molar refractivity (Wildman–Crippen MR) is 144 cm³/mol. The number of benzene rings is 1. The van der Waals surface area contributed by atoms with Gasteiger partial charge in [-0.3, -0.25) is 14.5 Å². The van der Waals surface area contributed by atoms with Crippen LogP contribution in [-0.2, 0) is 11.3 Å². The Bertz CT molecular complexity index is 1190. The smallest absolute Gasteiger partial charge is 0.254 e. The quantitative estimate of drug-likeness (QED) is 0.365. The first-order valence-electron chi connectivity index (χ1n) is 13.1. The summed E-state index contributed by atoms with van der Waals surface area (Å²) in [6.45, 7) is 4.72. The van der Waals surface area contributed by atoms with Gasteiger partial charge in [0.25, 0.3) is 5.91 Å². The first-order chi connectivity index (χ1) is 18.4. The molecule has 2 aliphatic rings. The number of rotatable bonds is 9. The van der Waals surface area contributed by atoms with E-state index in [4.69, 9.17) is 22.1 Å².